The standard InChI is InChI=1S/C17H24O3/c1-10-6-7-13(12(3)9-18)14-8-11(2)16(19-4)17(20-5)15(10)14/h6-8,10,12-13,18H,9H2,1-5H3/t10-,12-,13+/m0/s1. The molecular weight excluding hydrogens is 252 g/mol. The van der Waals surface area contributed by atoms with Crippen LogP contribution in [0.1, 0.15) is 42.4 Å². The lowest BCUT2D eigenvalue weighted by molar-refractivity contribution is 0.226. The molecule has 3 heteroatoms. The molecule has 3 atom stereocenters. The molecule has 1 aromatic carbocycles. The van der Waals surface area contributed by atoms with Gasteiger partial charge in [0, 0.05) is 24.0 Å². The van der Waals surface area contributed by atoms with Gasteiger partial charge in [0.15, 0.2) is 11.5 Å². The third-order valence-electron chi connectivity index (χ3n) is 4.22. The molecule has 0 amide bonds. The van der Waals surface area contributed by atoms with Crippen molar-refractivity contribution >= 4 is 0 Å². The van der Waals surface area contributed by atoms with E-state index >= 15 is 0 Å². The van der Waals surface area contributed by atoms with Crippen molar-refractivity contribution in [3.8, 4) is 11.5 Å². The van der Waals surface area contributed by atoms with Gasteiger partial charge >= 0.3 is 0 Å². The van der Waals surface area contributed by atoms with Gasteiger partial charge in [0.05, 0.1) is 14.2 Å². The molecule has 2 rings (SSSR count). The average molecular weight is 276 g/mol. The lowest BCUT2D eigenvalue weighted by Crippen LogP contribution is -2.18. The SMILES string of the molecule is COc1c(C)cc2c(c1OC)[C@@H](C)C=C[C@@H]2[C@@H](C)CO. The zero-order valence-electron chi connectivity index (χ0n) is 12.9. The molecule has 0 saturated heterocycles. The molecule has 0 unspecified atom stereocenters. The van der Waals surface area contributed by atoms with E-state index in [1.807, 2.05) is 6.92 Å². The second kappa shape index (κ2) is 5.88. The summed E-state index contributed by atoms with van der Waals surface area (Å²) in [6, 6.07) is 2.17. The van der Waals surface area contributed by atoms with Gasteiger partial charge in [0.1, 0.15) is 0 Å². The Balaban J connectivity index is 2.66. The summed E-state index contributed by atoms with van der Waals surface area (Å²) in [7, 11) is 3.36. The number of allylic oxidation sites excluding steroid dienone is 2. The lowest BCUT2D eigenvalue weighted by atomic mass is 9.76. The molecule has 1 aliphatic carbocycles. The van der Waals surface area contributed by atoms with Gasteiger partial charge in [-0.3, -0.25) is 0 Å². The van der Waals surface area contributed by atoms with E-state index in [9.17, 15) is 5.11 Å². The van der Waals surface area contributed by atoms with Crippen molar-refractivity contribution < 1.29 is 14.6 Å². The van der Waals surface area contributed by atoms with Crippen molar-refractivity contribution in [2.75, 3.05) is 20.8 Å². The van der Waals surface area contributed by atoms with E-state index < -0.39 is 0 Å². The number of ether oxygens (including phenoxy) is 2. The number of fused-ring (bicyclic) bond motifs is 1. The number of aliphatic hydroxyl groups excluding tert-OH is 1. The second-order valence-corrected chi connectivity index (χ2v) is 5.62. The molecule has 0 heterocycles. The molecule has 0 fully saturated rings. The highest BCUT2D eigenvalue weighted by molar-refractivity contribution is 5.60. The van der Waals surface area contributed by atoms with Crippen molar-refractivity contribution in [1.82, 2.24) is 0 Å². The highest BCUT2D eigenvalue weighted by atomic mass is 16.5. The van der Waals surface area contributed by atoms with Crippen molar-refractivity contribution in [1.29, 1.82) is 0 Å². The van der Waals surface area contributed by atoms with E-state index in [0.717, 1.165) is 17.1 Å². The average Bonchev–Trinajstić information content (AvgIpc) is 2.45. The zero-order valence-corrected chi connectivity index (χ0v) is 12.9. The second-order valence-electron chi connectivity index (χ2n) is 5.62. The van der Waals surface area contributed by atoms with Crippen LogP contribution < -0.4 is 9.47 Å². The molecule has 20 heavy (non-hydrogen) atoms. The van der Waals surface area contributed by atoms with Crippen molar-refractivity contribution in [2.24, 2.45) is 5.92 Å². The summed E-state index contributed by atoms with van der Waals surface area (Å²) in [4.78, 5) is 0. The maximum atomic E-state index is 9.49. The molecule has 0 spiro atoms. The third-order valence-corrected chi connectivity index (χ3v) is 4.22. The van der Waals surface area contributed by atoms with E-state index in [0.29, 0.717) is 0 Å². The van der Waals surface area contributed by atoms with Gasteiger partial charge < -0.3 is 14.6 Å². The summed E-state index contributed by atoms with van der Waals surface area (Å²) in [5.74, 6) is 2.34. The molecule has 3 nitrogen and oxygen atoms in total. The van der Waals surface area contributed by atoms with Crippen LogP contribution >= 0.6 is 0 Å². The molecule has 1 N–H and O–H groups in total. The number of hydrogen-bond donors (Lipinski definition) is 1. The maximum absolute atomic E-state index is 9.49. The van der Waals surface area contributed by atoms with E-state index in [1.165, 1.54) is 11.1 Å². The minimum Gasteiger partial charge on any atom is -0.493 e. The van der Waals surface area contributed by atoms with Crippen LogP contribution in [0.25, 0.3) is 0 Å². The van der Waals surface area contributed by atoms with Crippen molar-refractivity contribution in [3.05, 3.63) is 34.9 Å². The van der Waals surface area contributed by atoms with Crippen LogP contribution in [-0.2, 0) is 0 Å². The third kappa shape index (κ3) is 2.31. The van der Waals surface area contributed by atoms with Gasteiger partial charge in [0.25, 0.3) is 0 Å². The summed E-state index contributed by atoms with van der Waals surface area (Å²) in [6.07, 6.45) is 4.40. The highest BCUT2D eigenvalue weighted by Crippen LogP contribution is 2.47. The summed E-state index contributed by atoms with van der Waals surface area (Å²) in [5.41, 5.74) is 3.50. The van der Waals surface area contributed by atoms with E-state index in [1.54, 1.807) is 14.2 Å². The number of methoxy groups -OCH3 is 2. The quantitative estimate of drug-likeness (QED) is 0.857. The first-order valence-electron chi connectivity index (χ1n) is 7.09. The lowest BCUT2D eigenvalue weighted by Gasteiger charge is -2.31. The first kappa shape index (κ1) is 14.9. The Bertz CT molecular complexity index is 519. The van der Waals surface area contributed by atoms with Gasteiger partial charge in [0.2, 0.25) is 0 Å². The first-order valence-corrected chi connectivity index (χ1v) is 7.09. The van der Waals surface area contributed by atoms with Gasteiger partial charge in [-0.15, -0.1) is 0 Å². The fraction of sp³-hybridized carbons (Fsp3) is 0.529. The number of aryl methyl sites for hydroxylation is 1. The highest BCUT2D eigenvalue weighted by Gasteiger charge is 2.29. The normalized spacial score (nSPS) is 22.3. The molecule has 1 aliphatic rings. The van der Waals surface area contributed by atoms with Gasteiger partial charge in [-0.2, -0.15) is 0 Å². The first-order chi connectivity index (χ1) is 9.54. The predicted octanol–water partition coefficient (Wildman–Crippen LogP) is 3.40. The maximum Gasteiger partial charge on any atom is 0.165 e. The van der Waals surface area contributed by atoms with Gasteiger partial charge in [-0.1, -0.05) is 32.1 Å². The summed E-state index contributed by atoms with van der Waals surface area (Å²) >= 11 is 0. The van der Waals surface area contributed by atoms with E-state index in [4.69, 9.17) is 9.47 Å². The summed E-state index contributed by atoms with van der Waals surface area (Å²) < 4.78 is 11.1. The molecular formula is C17H24O3. The van der Waals surface area contributed by atoms with Crippen LogP contribution in [0, 0.1) is 12.8 Å². The number of rotatable bonds is 4. The minimum atomic E-state index is 0.177. The Morgan fingerprint density at radius 3 is 2.40 bits per heavy atom. The molecule has 0 aliphatic heterocycles. The largest absolute Gasteiger partial charge is 0.493 e. The van der Waals surface area contributed by atoms with Crippen LogP contribution in [0.15, 0.2) is 18.2 Å². The Hall–Kier alpha value is -1.48. The molecule has 0 aromatic heterocycles. The number of aliphatic hydroxyl groups is 1. The topological polar surface area (TPSA) is 38.7 Å². The van der Waals surface area contributed by atoms with Crippen LogP contribution in [0.4, 0.5) is 0 Å². The van der Waals surface area contributed by atoms with Crippen LogP contribution in [0.2, 0.25) is 0 Å². The Morgan fingerprint density at radius 1 is 1.20 bits per heavy atom. The number of benzene rings is 1. The van der Waals surface area contributed by atoms with E-state index in [2.05, 4.69) is 32.1 Å². The monoisotopic (exact) mass is 276 g/mol. The van der Waals surface area contributed by atoms with Crippen molar-refractivity contribution in [2.45, 2.75) is 32.6 Å². The van der Waals surface area contributed by atoms with Crippen LogP contribution in [-0.4, -0.2) is 25.9 Å². The summed E-state index contributed by atoms with van der Waals surface area (Å²) in [5, 5.41) is 9.49. The smallest absolute Gasteiger partial charge is 0.165 e. The Morgan fingerprint density at radius 2 is 1.85 bits per heavy atom. The molecule has 0 bridgehead atoms. The molecule has 0 saturated carbocycles. The van der Waals surface area contributed by atoms with Crippen LogP contribution in [0.3, 0.4) is 0 Å². The minimum absolute atomic E-state index is 0.177. The Labute approximate surface area is 121 Å². The Kier molecular flexibility index (Phi) is 4.39. The van der Waals surface area contributed by atoms with E-state index in [-0.39, 0.29) is 24.4 Å². The van der Waals surface area contributed by atoms with Crippen molar-refractivity contribution in [3.63, 3.8) is 0 Å². The molecule has 110 valence electrons. The molecule has 1 aromatic rings. The zero-order chi connectivity index (χ0) is 14.9. The summed E-state index contributed by atoms with van der Waals surface area (Å²) in [6.45, 7) is 6.44. The van der Waals surface area contributed by atoms with Gasteiger partial charge in [-0.25, -0.2) is 0 Å². The number of hydrogen-bond acceptors (Lipinski definition) is 3. The molecule has 0 radical (unpaired) electrons. The fourth-order valence-corrected chi connectivity index (χ4v) is 3.11. The van der Waals surface area contributed by atoms with Gasteiger partial charge in [-0.05, 0) is 24.0 Å². The fourth-order valence-electron chi connectivity index (χ4n) is 3.11. The predicted molar refractivity (Wildman–Crippen MR) is 80.8 cm³/mol. The van der Waals surface area contributed by atoms with Crippen LogP contribution in [0.5, 0.6) is 11.5 Å².